The van der Waals surface area contributed by atoms with Gasteiger partial charge in [-0.05, 0) is 27.2 Å². The Labute approximate surface area is 84.4 Å². The number of thioether (sulfide) groups is 1. The molecule has 1 aliphatic rings. The Bertz CT molecular complexity index is 192. The smallest absolute Gasteiger partial charge is 0.309 e. The van der Waals surface area contributed by atoms with Gasteiger partial charge in [0.15, 0.2) is 0 Å². The second kappa shape index (κ2) is 3.91. The van der Waals surface area contributed by atoms with Crippen LogP contribution in [0.3, 0.4) is 0 Å². The lowest BCUT2D eigenvalue weighted by atomic mass is 10.1. The van der Waals surface area contributed by atoms with E-state index in [0.717, 1.165) is 6.42 Å². The molecule has 1 aliphatic heterocycles. The molecule has 1 heterocycles. The molecule has 0 saturated carbocycles. The SMILES string of the molecule is C[C@@H](CC1CS1)C(=O)OC(C)(C)C. The largest absolute Gasteiger partial charge is 0.460 e. The van der Waals surface area contributed by atoms with Crippen LogP contribution in [0.1, 0.15) is 34.1 Å². The van der Waals surface area contributed by atoms with E-state index in [1.807, 2.05) is 39.5 Å². The molecule has 2 nitrogen and oxygen atoms in total. The summed E-state index contributed by atoms with van der Waals surface area (Å²) in [4.78, 5) is 11.5. The number of esters is 1. The lowest BCUT2D eigenvalue weighted by Crippen LogP contribution is -2.28. The molecule has 76 valence electrons. The number of hydrogen-bond donors (Lipinski definition) is 0. The van der Waals surface area contributed by atoms with Crippen molar-refractivity contribution in [2.24, 2.45) is 5.92 Å². The van der Waals surface area contributed by atoms with Crippen molar-refractivity contribution in [1.82, 2.24) is 0 Å². The predicted molar refractivity (Wildman–Crippen MR) is 55.9 cm³/mol. The fraction of sp³-hybridized carbons (Fsp3) is 0.900. The summed E-state index contributed by atoms with van der Waals surface area (Å²) in [5, 5.41) is 0.711. The van der Waals surface area contributed by atoms with Crippen LogP contribution < -0.4 is 0 Å². The summed E-state index contributed by atoms with van der Waals surface area (Å²) >= 11 is 1.92. The molecule has 0 radical (unpaired) electrons. The molecule has 0 aliphatic carbocycles. The first kappa shape index (κ1) is 10.9. The van der Waals surface area contributed by atoms with Crippen LogP contribution in [-0.4, -0.2) is 22.6 Å². The van der Waals surface area contributed by atoms with E-state index < -0.39 is 0 Å². The van der Waals surface area contributed by atoms with Gasteiger partial charge in [0.1, 0.15) is 5.60 Å². The zero-order valence-electron chi connectivity index (χ0n) is 8.79. The summed E-state index contributed by atoms with van der Waals surface area (Å²) in [6.07, 6.45) is 0.972. The summed E-state index contributed by atoms with van der Waals surface area (Å²) in [5.74, 6) is 1.21. The van der Waals surface area contributed by atoms with E-state index in [1.165, 1.54) is 5.75 Å². The Morgan fingerprint density at radius 1 is 1.62 bits per heavy atom. The van der Waals surface area contributed by atoms with Gasteiger partial charge in [0, 0.05) is 11.0 Å². The second-order valence-corrected chi connectivity index (χ2v) is 5.96. The molecule has 1 rings (SSSR count). The van der Waals surface area contributed by atoms with Crippen molar-refractivity contribution in [2.75, 3.05) is 5.75 Å². The van der Waals surface area contributed by atoms with Gasteiger partial charge in [-0.15, -0.1) is 0 Å². The predicted octanol–water partition coefficient (Wildman–Crippen LogP) is 2.47. The van der Waals surface area contributed by atoms with Crippen molar-refractivity contribution in [2.45, 2.75) is 45.0 Å². The van der Waals surface area contributed by atoms with Crippen LogP contribution in [0.2, 0.25) is 0 Å². The van der Waals surface area contributed by atoms with Crippen molar-refractivity contribution in [3.05, 3.63) is 0 Å². The van der Waals surface area contributed by atoms with Crippen molar-refractivity contribution in [1.29, 1.82) is 0 Å². The zero-order valence-corrected chi connectivity index (χ0v) is 9.61. The van der Waals surface area contributed by atoms with E-state index >= 15 is 0 Å². The van der Waals surface area contributed by atoms with E-state index in [1.54, 1.807) is 0 Å². The highest BCUT2D eigenvalue weighted by atomic mass is 32.2. The minimum Gasteiger partial charge on any atom is -0.460 e. The summed E-state index contributed by atoms with van der Waals surface area (Å²) in [6.45, 7) is 7.67. The summed E-state index contributed by atoms with van der Waals surface area (Å²) in [6, 6.07) is 0. The summed E-state index contributed by atoms with van der Waals surface area (Å²) < 4.78 is 5.28. The minimum absolute atomic E-state index is 0.0548. The van der Waals surface area contributed by atoms with Crippen molar-refractivity contribution < 1.29 is 9.53 Å². The van der Waals surface area contributed by atoms with Gasteiger partial charge in [-0.3, -0.25) is 4.79 Å². The molecular formula is C10H18O2S. The Morgan fingerprint density at radius 3 is 2.54 bits per heavy atom. The normalized spacial score (nSPS) is 23.8. The van der Waals surface area contributed by atoms with Crippen molar-refractivity contribution in [3.63, 3.8) is 0 Å². The molecule has 2 atom stereocenters. The Kier molecular flexibility index (Phi) is 3.28. The lowest BCUT2D eigenvalue weighted by molar-refractivity contribution is -0.159. The molecule has 1 unspecified atom stereocenters. The Hall–Kier alpha value is -0.180. The molecule has 1 fully saturated rings. The molecule has 0 spiro atoms. The van der Waals surface area contributed by atoms with E-state index in [-0.39, 0.29) is 17.5 Å². The van der Waals surface area contributed by atoms with Crippen LogP contribution in [0.15, 0.2) is 0 Å². The third-order valence-corrected chi connectivity index (χ3v) is 2.83. The third kappa shape index (κ3) is 4.55. The third-order valence-electron chi connectivity index (χ3n) is 1.83. The first-order valence-corrected chi connectivity index (χ1v) is 5.78. The van der Waals surface area contributed by atoms with Crippen molar-refractivity contribution in [3.8, 4) is 0 Å². The van der Waals surface area contributed by atoms with Crippen molar-refractivity contribution >= 4 is 17.7 Å². The van der Waals surface area contributed by atoms with Crippen LogP contribution in [0.5, 0.6) is 0 Å². The average molecular weight is 202 g/mol. The number of ether oxygens (including phenoxy) is 1. The summed E-state index contributed by atoms with van der Waals surface area (Å²) in [7, 11) is 0. The number of carbonyl (C=O) groups is 1. The molecule has 0 aromatic heterocycles. The Balaban J connectivity index is 2.28. The maximum atomic E-state index is 11.5. The van der Waals surface area contributed by atoms with Gasteiger partial charge in [-0.2, -0.15) is 11.8 Å². The standard InChI is InChI=1S/C10H18O2S/c1-7(5-8-6-13-8)9(11)12-10(2,3)4/h7-8H,5-6H2,1-4H3/t7-,8?/m0/s1. The fourth-order valence-corrected chi connectivity index (χ4v) is 1.79. The molecule has 0 N–H and O–H groups in total. The van der Waals surface area contributed by atoms with Crippen LogP contribution >= 0.6 is 11.8 Å². The highest BCUT2D eigenvalue weighted by Gasteiger charge is 2.29. The highest BCUT2D eigenvalue weighted by molar-refractivity contribution is 8.06. The highest BCUT2D eigenvalue weighted by Crippen LogP contribution is 2.35. The molecule has 13 heavy (non-hydrogen) atoms. The van der Waals surface area contributed by atoms with Gasteiger partial charge < -0.3 is 4.74 Å². The first-order valence-electron chi connectivity index (χ1n) is 4.73. The topological polar surface area (TPSA) is 26.3 Å². The minimum atomic E-state index is -0.345. The van der Waals surface area contributed by atoms with E-state index in [4.69, 9.17) is 4.74 Å². The van der Waals surface area contributed by atoms with Gasteiger partial charge in [0.05, 0.1) is 5.92 Å². The van der Waals surface area contributed by atoms with Crippen LogP contribution in [0, 0.1) is 5.92 Å². The van der Waals surface area contributed by atoms with Crippen LogP contribution in [-0.2, 0) is 9.53 Å². The van der Waals surface area contributed by atoms with Gasteiger partial charge in [0.2, 0.25) is 0 Å². The number of hydrogen-bond acceptors (Lipinski definition) is 3. The van der Waals surface area contributed by atoms with E-state index in [0.29, 0.717) is 5.25 Å². The molecule has 0 amide bonds. The Morgan fingerprint density at radius 2 is 2.15 bits per heavy atom. The number of rotatable bonds is 3. The average Bonchev–Trinajstić information content (AvgIpc) is 2.67. The van der Waals surface area contributed by atoms with Gasteiger partial charge in [0.25, 0.3) is 0 Å². The first-order chi connectivity index (χ1) is 5.88. The molecule has 3 heteroatoms. The quantitative estimate of drug-likeness (QED) is 0.519. The molecule has 0 aromatic carbocycles. The maximum Gasteiger partial charge on any atom is 0.309 e. The lowest BCUT2D eigenvalue weighted by Gasteiger charge is -2.22. The second-order valence-electron chi connectivity index (χ2n) is 4.63. The van der Waals surface area contributed by atoms with Crippen LogP contribution in [0.4, 0.5) is 0 Å². The fourth-order valence-electron chi connectivity index (χ4n) is 1.10. The van der Waals surface area contributed by atoms with E-state index in [9.17, 15) is 4.79 Å². The number of carbonyl (C=O) groups excluding carboxylic acids is 1. The van der Waals surface area contributed by atoms with Gasteiger partial charge in [-0.25, -0.2) is 0 Å². The van der Waals surface area contributed by atoms with Gasteiger partial charge in [-0.1, -0.05) is 6.92 Å². The van der Waals surface area contributed by atoms with E-state index in [2.05, 4.69) is 0 Å². The molecule has 1 saturated heterocycles. The van der Waals surface area contributed by atoms with Crippen LogP contribution in [0.25, 0.3) is 0 Å². The molecule has 0 bridgehead atoms. The summed E-state index contributed by atoms with van der Waals surface area (Å²) in [5.41, 5.74) is -0.345. The molecular weight excluding hydrogens is 184 g/mol. The maximum absolute atomic E-state index is 11.5. The van der Waals surface area contributed by atoms with Gasteiger partial charge >= 0.3 is 5.97 Å². The molecule has 0 aromatic rings. The zero-order chi connectivity index (χ0) is 10.1. The monoisotopic (exact) mass is 202 g/mol.